The van der Waals surface area contributed by atoms with Gasteiger partial charge < -0.3 is 14.6 Å². The molecule has 158 valence electrons. The minimum atomic E-state index is -0.368. The number of hydrogen-bond acceptors (Lipinski definition) is 5. The van der Waals surface area contributed by atoms with E-state index < -0.39 is 0 Å². The molecule has 3 heterocycles. The number of anilines is 1. The minimum absolute atomic E-state index is 0.111. The molecule has 1 aliphatic heterocycles. The normalized spacial score (nSPS) is 14.7. The first-order valence-corrected chi connectivity index (χ1v) is 10.7. The summed E-state index contributed by atoms with van der Waals surface area (Å²) < 4.78 is 19.2. The van der Waals surface area contributed by atoms with Gasteiger partial charge in [-0.25, -0.2) is 14.4 Å². The van der Waals surface area contributed by atoms with Crippen molar-refractivity contribution in [1.29, 1.82) is 0 Å². The van der Waals surface area contributed by atoms with E-state index in [0.717, 1.165) is 42.5 Å². The van der Waals surface area contributed by atoms with Gasteiger partial charge in [0.05, 0.1) is 0 Å². The van der Waals surface area contributed by atoms with Crippen molar-refractivity contribution in [3.63, 3.8) is 0 Å². The van der Waals surface area contributed by atoms with Crippen molar-refractivity contribution >= 4 is 33.8 Å². The number of carbonyl (C=O) groups is 1. The third kappa shape index (κ3) is 3.95. The van der Waals surface area contributed by atoms with E-state index in [2.05, 4.69) is 20.2 Å². The van der Waals surface area contributed by atoms with Crippen molar-refractivity contribution < 1.29 is 13.6 Å². The molecule has 0 atom stereocenters. The van der Waals surface area contributed by atoms with Crippen LogP contribution in [0.15, 0.2) is 52.9 Å². The van der Waals surface area contributed by atoms with Crippen molar-refractivity contribution in [1.82, 2.24) is 15.3 Å². The van der Waals surface area contributed by atoms with E-state index in [0.29, 0.717) is 16.9 Å². The largest absolute Gasteiger partial charge is 0.450 e. The van der Waals surface area contributed by atoms with Crippen LogP contribution in [0.5, 0.6) is 0 Å². The fourth-order valence-corrected chi connectivity index (χ4v) is 4.04. The molecule has 1 N–H and O–H groups in total. The second-order valence-electron chi connectivity index (χ2n) is 7.86. The Morgan fingerprint density at radius 3 is 2.52 bits per heavy atom. The number of halogens is 1. The Hall–Kier alpha value is -3.48. The molecule has 1 fully saturated rings. The van der Waals surface area contributed by atoms with Crippen LogP contribution in [0.1, 0.15) is 41.9 Å². The van der Waals surface area contributed by atoms with E-state index in [-0.39, 0.29) is 24.1 Å². The average molecular weight is 418 g/mol. The summed E-state index contributed by atoms with van der Waals surface area (Å²) in [6.07, 6.45) is 4.54. The van der Waals surface area contributed by atoms with E-state index in [9.17, 15) is 9.18 Å². The molecule has 2 aromatic carbocycles. The smallest absolute Gasteiger partial charge is 0.289 e. The Morgan fingerprint density at radius 2 is 1.74 bits per heavy atom. The van der Waals surface area contributed by atoms with E-state index in [4.69, 9.17) is 4.42 Å². The standard InChI is InChI=1S/C24H23FN4O2/c25-17-11-9-16(10-12-17)15-26-24(30)22-27-20-18-7-3-4-8-19(18)31-21(20)23(28-22)29-13-5-1-2-6-14-29/h3-4,7-12H,1-2,5-6,13-15H2,(H,26,30). The van der Waals surface area contributed by atoms with E-state index in [1.165, 1.54) is 25.0 Å². The monoisotopic (exact) mass is 418 g/mol. The second kappa shape index (κ2) is 8.34. The Kier molecular flexibility index (Phi) is 5.24. The van der Waals surface area contributed by atoms with Gasteiger partial charge in [0.25, 0.3) is 5.91 Å². The van der Waals surface area contributed by atoms with Crippen molar-refractivity contribution in [2.45, 2.75) is 32.2 Å². The molecule has 7 heteroatoms. The molecular formula is C24H23FN4O2. The molecule has 0 saturated carbocycles. The van der Waals surface area contributed by atoms with Crippen LogP contribution in [0, 0.1) is 5.82 Å². The summed E-state index contributed by atoms with van der Waals surface area (Å²) in [5.41, 5.74) is 2.80. The predicted octanol–water partition coefficient (Wildman–Crippen LogP) is 4.83. The summed E-state index contributed by atoms with van der Waals surface area (Å²) in [4.78, 5) is 24.3. The number of carbonyl (C=O) groups excluding carboxylic acids is 1. The summed E-state index contributed by atoms with van der Waals surface area (Å²) in [7, 11) is 0. The number of aromatic nitrogens is 2. The highest BCUT2D eigenvalue weighted by Gasteiger charge is 2.23. The topological polar surface area (TPSA) is 71.3 Å². The molecule has 0 spiro atoms. The Morgan fingerprint density at radius 1 is 1.00 bits per heavy atom. The zero-order valence-corrected chi connectivity index (χ0v) is 17.1. The van der Waals surface area contributed by atoms with Gasteiger partial charge in [0, 0.05) is 25.0 Å². The maximum Gasteiger partial charge on any atom is 0.289 e. The number of furan rings is 1. The van der Waals surface area contributed by atoms with Crippen LogP contribution in [0.2, 0.25) is 0 Å². The van der Waals surface area contributed by atoms with Gasteiger partial charge in [-0.1, -0.05) is 37.1 Å². The molecule has 5 rings (SSSR count). The summed E-state index contributed by atoms with van der Waals surface area (Å²) in [6, 6.07) is 13.7. The van der Waals surface area contributed by atoms with Gasteiger partial charge in [0.1, 0.15) is 16.9 Å². The quantitative estimate of drug-likeness (QED) is 0.514. The number of para-hydroxylation sites is 1. The number of hydrogen-bond donors (Lipinski definition) is 1. The molecule has 2 aromatic heterocycles. The van der Waals surface area contributed by atoms with Gasteiger partial charge in [0.15, 0.2) is 11.4 Å². The molecule has 1 amide bonds. The lowest BCUT2D eigenvalue weighted by molar-refractivity contribution is 0.0941. The van der Waals surface area contributed by atoms with Crippen LogP contribution >= 0.6 is 0 Å². The van der Waals surface area contributed by atoms with Crippen LogP contribution in [-0.4, -0.2) is 29.0 Å². The molecule has 0 radical (unpaired) electrons. The molecule has 1 aliphatic rings. The van der Waals surface area contributed by atoms with Gasteiger partial charge in [0.2, 0.25) is 5.82 Å². The summed E-state index contributed by atoms with van der Waals surface area (Å²) >= 11 is 0. The SMILES string of the molecule is O=C(NCc1ccc(F)cc1)c1nc(N2CCCCCC2)c2oc3ccccc3c2n1. The highest BCUT2D eigenvalue weighted by Crippen LogP contribution is 2.33. The lowest BCUT2D eigenvalue weighted by atomic mass is 10.2. The summed E-state index contributed by atoms with van der Waals surface area (Å²) in [5.74, 6) is 0.112. The fraction of sp³-hybridized carbons (Fsp3) is 0.292. The maximum atomic E-state index is 13.1. The van der Waals surface area contributed by atoms with Gasteiger partial charge in [-0.3, -0.25) is 4.79 Å². The van der Waals surface area contributed by atoms with E-state index >= 15 is 0 Å². The molecule has 0 bridgehead atoms. The molecule has 0 unspecified atom stereocenters. The van der Waals surface area contributed by atoms with Crippen LogP contribution < -0.4 is 10.2 Å². The number of fused-ring (bicyclic) bond motifs is 3. The van der Waals surface area contributed by atoms with Crippen LogP contribution in [0.3, 0.4) is 0 Å². The highest BCUT2D eigenvalue weighted by atomic mass is 19.1. The first kappa shape index (κ1) is 19.5. The number of amides is 1. The summed E-state index contributed by atoms with van der Waals surface area (Å²) in [6.45, 7) is 2.02. The van der Waals surface area contributed by atoms with Crippen molar-refractivity contribution in [2.24, 2.45) is 0 Å². The van der Waals surface area contributed by atoms with Crippen LogP contribution in [0.4, 0.5) is 10.2 Å². The Bertz CT molecular complexity index is 1230. The third-order valence-corrected chi connectivity index (χ3v) is 5.68. The third-order valence-electron chi connectivity index (χ3n) is 5.68. The van der Waals surface area contributed by atoms with E-state index in [1.807, 2.05) is 24.3 Å². The van der Waals surface area contributed by atoms with E-state index in [1.54, 1.807) is 12.1 Å². The summed E-state index contributed by atoms with van der Waals surface area (Å²) in [5, 5.41) is 3.71. The highest BCUT2D eigenvalue weighted by molar-refractivity contribution is 6.07. The lowest BCUT2D eigenvalue weighted by Crippen LogP contribution is -2.29. The fourth-order valence-electron chi connectivity index (χ4n) is 4.04. The first-order chi connectivity index (χ1) is 15.2. The van der Waals surface area contributed by atoms with Gasteiger partial charge in [-0.05, 0) is 42.7 Å². The van der Waals surface area contributed by atoms with Crippen LogP contribution in [-0.2, 0) is 6.54 Å². The maximum absolute atomic E-state index is 13.1. The number of nitrogens with zero attached hydrogens (tertiary/aromatic N) is 3. The minimum Gasteiger partial charge on any atom is -0.450 e. The average Bonchev–Trinajstić information content (AvgIpc) is 2.96. The second-order valence-corrected chi connectivity index (χ2v) is 7.86. The number of rotatable bonds is 4. The zero-order chi connectivity index (χ0) is 21.2. The predicted molar refractivity (Wildman–Crippen MR) is 118 cm³/mol. The number of benzene rings is 2. The zero-order valence-electron chi connectivity index (χ0n) is 17.1. The van der Waals surface area contributed by atoms with Crippen LogP contribution in [0.25, 0.3) is 22.1 Å². The first-order valence-electron chi connectivity index (χ1n) is 10.7. The Balaban J connectivity index is 1.53. The molecule has 6 nitrogen and oxygen atoms in total. The van der Waals surface area contributed by atoms with Crippen molar-refractivity contribution in [3.8, 4) is 0 Å². The van der Waals surface area contributed by atoms with Gasteiger partial charge in [-0.2, -0.15) is 0 Å². The van der Waals surface area contributed by atoms with Gasteiger partial charge in [-0.15, -0.1) is 0 Å². The lowest BCUT2D eigenvalue weighted by Gasteiger charge is -2.21. The van der Waals surface area contributed by atoms with Crippen molar-refractivity contribution in [3.05, 3.63) is 65.7 Å². The molecule has 0 aliphatic carbocycles. The molecular weight excluding hydrogens is 395 g/mol. The molecule has 4 aromatic rings. The molecule has 31 heavy (non-hydrogen) atoms. The van der Waals surface area contributed by atoms with Gasteiger partial charge >= 0.3 is 0 Å². The number of nitrogens with one attached hydrogen (secondary N) is 1. The Labute approximate surface area is 179 Å². The van der Waals surface area contributed by atoms with Crippen molar-refractivity contribution in [2.75, 3.05) is 18.0 Å². The molecule has 1 saturated heterocycles.